The van der Waals surface area contributed by atoms with Crippen LogP contribution in [-0.2, 0) is 0 Å². The number of nitrogens with one attached hydrogen (secondary N) is 1. The number of hydrogen-bond acceptors (Lipinski definition) is 5. The summed E-state index contributed by atoms with van der Waals surface area (Å²) >= 11 is 0. The number of rotatable bonds is 3. The summed E-state index contributed by atoms with van der Waals surface area (Å²) in [7, 11) is 0. The van der Waals surface area contributed by atoms with Crippen molar-refractivity contribution in [1.82, 2.24) is 15.0 Å². The molecule has 3 rings (SSSR count). The molecule has 136 valence electrons. The first-order valence-electron chi connectivity index (χ1n) is 8.08. The van der Waals surface area contributed by atoms with Gasteiger partial charge in [-0.15, -0.1) is 0 Å². The number of nitrogens with two attached hydrogens (primary N) is 1. The van der Waals surface area contributed by atoms with Gasteiger partial charge in [0, 0.05) is 22.9 Å². The van der Waals surface area contributed by atoms with Crippen molar-refractivity contribution < 1.29 is 8.78 Å². The summed E-state index contributed by atoms with van der Waals surface area (Å²) in [5.41, 5.74) is 7.16. The molecule has 0 unspecified atom stereocenters. The Hall–Kier alpha value is -3.60. The summed E-state index contributed by atoms with van der Waals surface area (Å²) in [5, 5.41) is 9.25. The van der Waals surface area contributed by atoms with E-state index in [1.165, 1.54) is 12.1 Å². The summed E-state index contributed by atoms with van der Waals surface area (Å²) in [4.78, 5) is 23.0. The molecular weight excluding hydrogens is 352 g/mol. The number of aromatic nitrogens is 3. The Morgan fingerprint density at radius 1 is 1.11 bits per heavy atom. The van der Waals surface area contributed by atoms with Gasteiger partial charge in [-0.1, -0.05) is 13.8 Å². The van der Waals surface area contributed by atoms with Crippen LogP contribution in [0.3, 0.4) is 0 Å². The number of nitrogen functional groups attached to an aromatic ring is 1. The van der Waals surface area contributed by atoms with Gasteiger partial charge >= 0.3 is 0 Å². The number of anilines is 1. The van der Waals surface area contributed by atoms with E-state index in [1.54, 1.807) is 6.07 Å². The number of hydrogen-bond donors (Lipinski definition) is 2. The molecule has 6 nitrogen and oxygen atoms in total. The topological polar surface area (TPSA) is 108 Å². The number of halogens is 2. The van der Waals surface area contributed by atoms with E-state index in [1.807, 2.05) is 19.9 Å². The number of H-pyrrole nitrogens is 1. The van der Waals surface area contributed by atoms with Gasteiger partial charge in [0.15, 0.2) is 23.1 Å². The van der Waals surface area contributed by atoms with Gasteiger partial charge in [-0.3, -0.25) is 4.79 Å². The molecule has 0 aliphatic carbocycles. The average Bonchev–Trinajstić information content (AvgIpc) is 2.64. The second-order valence-electron chi connectivity index (χ2n) is 6.20. The van der Waals surface area contributed by atoms with Gasteiger partial charge in [-0.05, 0) is 30.2 Å². The van der Waals surface area contributed by atoms with Crippen LogP contribution in [-0.4, -0.2) is 15.0 Å². The molecule has 0 spiro atoms. The normalized spacial score (nSPS) is 10.8. The highest BCUT2D eigenvalue weighted by molar-refractivity contribution is 5.80. The van der Waals surface area contributed by atoms with Gasteiger partial charge in [0.05, 0.1) is 5.69 Å². The van der Waals surface area contributed by atoms with Crippen LogP contribution in [0.15, 0.2) is 35.1 Å². The van der Waals surface area contributed by atoms with Crippen molar-refractivity contribution in [3.05, 3.63) is 63.7 Å². The Labute approximate surface area is 153 Å². The largest absolute Gasteiger partial charge is 0.381 e. The highest BCUT2D eigenvalue weighted by Crippen LogP contribution is 2.34. The van der Waals surface area contributed by atoms with Crippen LogP contribution in [0.1, 0.15) is 31.2 Å². The maximum absolute atomic E-state index is 13.8. The Bertz CT molecular complexity index is 1130. The smallest absolute Gasteiger partial charge is 0.248 e. The summed E-state index contributed by atoms with van der Waals surface area (Å²) in [6.07, 6.45) is 0. The van der Waals surface area contributed by atoms with Crippen LogP contribution in [0.5, 0.6) is 0 Å². The second kappa shape index (κ2) is 6.96. The standard InChI is InChI=1S/C19H15F2N5O/c1-9(2)16-11(4-6-15(27)25-16)18-17(26-19(23)14(8-22)24-18)10-3-5-12(20)13(21)7-10/h3-7,9H,1-2H3,(H2,23,26)(H,25,27). The molecule has 0 bridgehead atoms. The number of benzene rings is 1. The lowest BCUT2D eigenvalue weighted by Gasteiger charge is -2.15. The van der Waals surface area contributed by atoms with Crippen LogP contribution in [0, 0.1) is 23.0 Å². The van der Waals surface area contributed by atoms with Crippen LogP contribution in [0.4, 0.5) is 14.6 Å². The molecular formula is C19H15F2N5O. The van der Waals surface area contributed by atoms with E-state index in [0.717, 1.165) is 12.1 Å². The van der Waals surface area contributed by atoms with Crippen molar-refractivity contribution in [3.63, 3.8) is 0 Å². The van der Waals surface area contributed by atoms with Gasteiger partial charge in [0.25, 0.3) is 0 Å². The Morgan fingerprint density at radius 2 is 1.85 bits per heavy atom. The van der Waals surface area contributed by atoms with E-state index in [2.05, 4.69) is 15.0 Å². The quantitative estimate of drug-likeness (QED) is 0.738. The minimum absolute atomic E-state index is 0.0726. The van der Waals surface area contributed by atoms with Crippen molar-refractivity contribution in [1.29, 1.82) is 5.26 Å². The zero-order valence-electron chi connectivity index (χ0n) is 14.5. The lowest BCUT2D eigenvalue weighted by molar-refractivity contribution is 0.509. The lowest BCUT2D eigenvalue weighted by Crippen LogP contribution is -2.11. The third-order valence-corrected chi connectivity index (χ3v) is 4.00. The predicted octanol–water partition coefficient (Wildman–Crippen LogP) is 3.35. The second-order valence-corrected chi connectivity index (χ2v) is 6.20. The van der Waals surface area contributed by atoms with Crippen molar-refractivity contribution in [2.24, 2.45) is 0 Å². The summed E-state index contributed by atoms with van der Waals surface area (Å²) in [6, 6.07) is 8.03. The van der Waals surface area contributed by atoms with Crippen molar-refractivity contribution >= 4 is 5.82 Å². The summed E-state index contributed by atoms with van der Waals surface area (Å²) in [6.45, 7) is 3.75. The maximum Gasteiger partial charge on any atom is 0.248 e. The van der Waals surface area contributed by atoms with Gasteiger partial charge in [0.1, 0.15) is 11.8 Å². The van der Waals surface area contributed by atoms with Gasteiger partial charge in [-0.25, -0.2) is 18.7 Å². The van der Waals surface area contributed by atoms with Crippen LogP contribution < -0.4 is 11.3 Å². The molecule has 0 amide bonds. The van der Waals surface area contributed by atoms with Gasteiger partial charge in [-0.2, -0.15) is 5.26 Å². The fraction of sp³-hybridized carbons (Fsp3) is 0.158. The van der Waals surface area contributed by atoms with Gasteiger partial charge < -0.3 is 10.7 Å². The molecule has 27 heavy (non-hydrogen) atoms. The first-order chi connectivity index (χ1) is 12.8. The van der Waals surface area contributed by atoms with Crippen molar-refractivity contribution in [2.45, 2.75) is 19.8 Å². The van der Waals surface area contributed by atoms with E-state index < -0.39 is 11.6 Å². The van der Waals surface area contributed by atoms with E-state index >= 15 is 0 Å². The number of pyridine rings is 1. The Balaban J connectivity index is 2.37. The molecule has 3 aromatic rings. The Kier molecular flexibility index (Phi) is 4.69. The van der Waals surface area contributed by atoms with E-state index in [9.17, 15) is 18.8 Å². The zero-order valence-corrected chi connectivity index (χ0v) is 14.5. The van der Waals surface area contributed by atoms with Gasteiger partial charge in [0.2, 0.25) is 5.56 Å². The molecule has 0 atom stereocenters. The van der Waals surface area contributed by atoms with Crippen LogP contribution in [0.25, 0.3) is 22.5 Å². The molecule has 1 aromatic carbocycles. The van der Waals surface area contributed by atoms with Crippen molar-refractivity contribution in [3.8, 4) is 28.6 Å². The first-order valence-corrected chi connectivity index (χ1v) is 8.08. The average molecular weight is 367 g/mol. The first kappa shape index (κ1) is 18.2. The number of nitrogens with zero attached hydrogens (tertiary/aromatic N) is 3. The molecule has 0 aliphatic rings. The molecule has 0 aliphatic heterocycles. The Morgan fingerprint density at radius 3 is 2.48 bits per heavy atom. The minimum atomic E-state index is -1.05. The highest BCUT2D eigenvalue weighted by atomic mass is 19.2. The van der Waals surface area contributed by atoms with Crippen LogP contribution >= 0.6 is 0 Å². The van der Waals surface area contributed by atoms with E-state index in [-0.39, 0.29) is 39.9 Å². The molecule has 0 fully saturated rings. The molecule has 0 saturated carbocycles. The zero-order chi connectivity index (χ0) is 19.7. The maximum atomic E-state index is 13.8. The predicted molar refractivity (Wildman–Crippen MR) is 96.7 cm³/mol. The minimum Gasteiger partial charge on any atom is -0.381 e. The molecule has 2 aromatic heterocycles. The molecule has 8 heteroatoms. The summed E-state index contributed by atoms with van der Waals surface area (Å²) < 4.78 is 27.1. The fourth-order valence-corrected chi connectivity index (χ4v) is 2.72. The van der Waals surface area contributed by atoms with E-state index in [4.69, 9.17) is 5.73 Å². The van der Waals surface area contributed by atoms with Crippen LogP contribution in [0.2, 0.25) is 0 Å². The SMILES string of the molecule is CC(C)c1[nH]c(=O)ccc1-c1nc(C#N)c(N)nc1-c1ccc(F)c(F)c1. The fourth-order valence-electron chi connectivity index (χ4n) is 2.72. The van der Waals surface area contributed by atoms with E-state index in [0.29, 0.717) is 11.3 Å². The lowest BCUT2D eigenvalue weighted by atomic mass is 9.97. The molecule has 0 radical (unpaired) electrons. The molecule has 3 N–H and O–H groups in total. The number of aromatic amines is 1. The monoisotopic (exact) mass is 367 g/mol. The van der Waals surface area contributed by atoms with Crippen molar-refractivity contribution in [2.75, 3.05) is 5.73 Å². The summed E-state index contributed by atoms with van der Waals surface area (Å²) in [5.74, 6) is -2.25. The molecule has 0 saturated heterocycles. The third-order valence-electron chi connectivity index (χ3n) is 4.00. The number of nitriles is 1. The third kappa shape index (κ3) is 3.40. The highest BCUT2D eigenvalue weighted by Gasteiger charge is 2.20. The molecule has 2 heterocycles.